The largest absolute Gasteiger partial charge is 0.444 e. The van der Waals surface area contributed by atoms with Gasteiger partial charge in [-0.1, -0.05) is 6.92 Å². The average molecular weight is 339 g/mol. The highest BCUT2D eigenvalue weighted by Gasteiger charge is 2.28. The van der Waals surface area contributed by atoms with Gasteiger partial charge in [-0.3, -0.25) is 4.79 Å². The van der Waals surface area contributed by atoms with Crippen LogP contribution in [0.1, 0.15) is 55.2 Å². The molecule has 0 spiro atoms. The Morgan fingerprint density at radius 1 is 1.39 bits per heavy atom. The molecule has 2 amide bonds. The molecule has 1 fully saturated rings. The number of piperidine rings is 1. The third-order valence-corrected chi connectivity index (χ3v) is 4.72. The molecule has 0 unspecified atom stereocenters. The van der Waals surface area contributed by atoms with Crippen LogP contribution < -0.4 is 5.32 Å². The minimum atomic E-state index is -0.482. The fourth-order valence-electron chi connectivity index (χ4n) is 2.36. The summed E-state index contributed by atoms with van der Waals surface area (Å²) in [6, 6.07) is 0.0789. The predicted octanol–water partition coefficient (Wildman–Crippen LogP) is 2.83. The van der Waals surface area contributed by atoms with E-state index in [4.69, 9.17) is 4.74 Å². The van der Waals surface area contributed by atoms with Crippen molar-refractivity contribution in [3.05, 3.63) is 16.1 Å². The fraction of sp³-hybridized carbons (Fsp3) is 0.688. The van der Waals surface area contributed by atoms with Crippen molar-refractivity contribution in [2.45, 2.75) is 58.6 Å². The lowest BCUT2D eigenvalue weighted by Gasteiger charge is -2.33. The van der Waals surface area contributed by atoms with E-state index in [2.05, 4.69) is 10.3 Å². The van der Waals surface area contributed by atoms with Gasteiger partial charge in [0.15, 0.2) is 5.01 Å². The third-order valence-electron chi connectivity index (χ3n) is 3.58. The van der Waals surface area contributed by atoms with Gasteiger partial charge in [-0.2, -0.15) is 0 Å². The van der Waals surface area contributed by atoms with E-state index in [1.807, 2.05) is 27.7 Å². The molecule has 0 aromatic carbocycles. The molecular weight excluding hydrogens is 314 g/mol. The van der Waals surface area contributed by atoms with Crippen LogP contribution in [-0.2, 0) is 11.2 Å². The maximum absolute atomic E-state index is 12.2. The highest BCUT2D eigenvalue weighted by Crippen LogP contribution is 2.17. The van der Waals surface area contributed by atoms with Gasteiger partial charge >= 0.3 is 6.09 Å². The quantitative estimate of drug-likeness (QED) is 0.919. The molecule has 1 aromatic heterocycles. The predicted molar refractivity (Wildman–Crippen MR) is 89.8 cm³/mol. The van der Waals surface area contributed by atoms with E-state index in [0.717, 1.165) is 24.1 Å². The van der Waals surface area contributed by atoms with E-state index in [1.165, 1.54) is 11.3 Å². The lowest BCUT2D eigenvalue weighted by Crippen LogP contribution is -2.47. The third kappa shape index (κ3) is 5.20. The smallest absolute Gasteiger partial charge is 0.410 e. The highest BCUT2D eigenvalue weighted by molar-refractivity contribution is 7.13. The molecule has 0 atom stereocenters. The van der Waals surface area contributed by atoms with Crippen LogP contribution in [0.25, 0.3) is 0 Å². The first-order valence-electron chi connectivity index (χ1n) is 8.02. The van der Waals surface area contributed by atoms with Crippen LogP contribution in [0.2, 0.25) is 0 Å². The molecule has 0 bridgehead atoms. The van der Waals surface area contributed by atoms with Crippen molar-refractivity contribution in [1.82, 2.24) is 15.2 Å². The summed E-state index contributed by atoms with van der Waals surface area (Å²) in [6.45, 7) is 8.81. The summed E-state index contributed by atoms with van der Waals surface area (Å²) >= 11 is 1.43. The second kappa shape index (κ2) is 7.29. The molecule has 0 saturated carbocycles. The summed E-state index contributed by atoms with van der Waals surface area (Å²) < 4.78 is 5.37. The molecule has 1 N–H and O–H groups in total. The van der Waals surface area contributed by atoms with Crippen molar-refractivity contribution in [3.8, 4) is 0 Å². The first-order valence-corrected chi connectivity index (χ1v) is 8.83. The van der Waals surface area contributed by atoms with Crippen LogP contribution in [0.4, 0.5) is 4.79 Å². The van der Waals surface area contributed by atoms with Crippen molar-refractivity contribution in [2.24, 2.45) is 0 Å². The molecule has 1 aliphatic rings. The van der Waals surface area contributed by atoms with E-state index < -0.39 is 5.60 Å². The molecule has 1 saturated heterocycles. The Morgan fingerprint density at radius 2 is 2.04 bits per heavy atom. The topological polar surface area (TPSA) is 71.5 Å². The Morgan fingerprint density at radius 3 is 2.57 bits per heavy atom. The molecule has 2 heterocycles. The summed E-state index contributed by atoms with van der Waals surface area (Å²) in [5, 5.41) is 3.52. The van der Waals surface area contributed by atoms with Gasteiger partial charge in [-0.15, -0.1) is 11.3 Å². The zero-order chi connectivity index (χ0) is 17.0. The molecule has 128 valence electrons. The summed E-state index contributed by atoms with van der Waals surface area (Å²) in [5.41, 5.74) is -0.482. The minimum absolute atomic E-state index is 0.0789. The van der Waals surface area contributed by atoms with Gasteiger partial charge in [0.2, 0.25) is 0 Å². The maximum atomic E-state index is 12.2. The first-order chi connectivity index (χ1) is 10.8. The van der Waals surface area contributed by atoms with Gasteiger partial charge in [0.1, 0.15) is 5.60 Å². The number of aryl methyl sites for hydroxylation is 1. The molecule has 23 heavy (non-hydrogen) atoms. The maximum Gasteiger partial charge on any atom is 0.410 e. The van der Waals surface area contributed by atoms with Crippen LogP contribution in [-0.4, -0.2) is 46.6 Å². The Labute approximate surface area is 141 Å². The summed E-state index contributed by atoms with van der Waals surface area (Å²) in [5.74, 6) is -0.120. The summed E-state index contributed by atoms with van der Waals surface area (Å²) in [4.78, 5) is 31.1. The van der Waals surface area contributed by atoms with Gasteiger partial charge in [0.05, 0.1) is 0 Å². The molecule has 0 aliphatic carbocycles. The number of aromatic nitrogens is 1. The number of hydrogen-bond acceptors (Lipinski definition) is 5. The number of nitrogens with zero attached hydrogens (tertiary/aromatic N) is 2. The van der Waals surface area contributed by atoms with Gasteiger partial charge in [0, 0.05) is 30.2 Å². The van der Waals surface area contributed by atoms with E-state index in [0.29, 0.717) is 18.1 Å². The SMILES string of the molecule is CCc1cnc(C(=O)NC2CCN(C(=O)OC(C)(C)C)CC2)s1. The number of nitrogens with one attached hydrogen (secondary N) is 1. The number of hydrogen-bond donors (Lipinski definition) is 1. The van der Waals surface area contributed by atoms with Gasteiger partial charge in [-0.25, -0.2) is 9.78 Å². The van der Waals surface area contributed by atoms with Crippen LogP contribution in [0.3, 0.4) is 0 Å². The van der Waals surface area contributed by atoms with Crippen molar-refractivity contribution in [3.63, 3.8) is 0 Å². The average Bonchev–Trinajstić information content (AvgIpc) is 2.95. The lowest BCUT2D eigenvalue weighted by atomic mass is 10.1. The number of carbonyl (C=O) groups excluding carboxylic acids is 2. The zero-order valence-corrected chi connectivity index (χ0v) is 15.0. The van der Waals surface area contributed by atoms with Crippen molar-refractivity contribution < 1.29 is 14.3 Å². The number of ether oxygens (including phenoxy) is 1. The zero-order valence-electron chi connectivity index (χ0n) is 14.2. The van der Waals surface area contributed by atoms with Crippen LogP contribution in [0.15, 0.2) is 6.20 Å². The monoisotopic (exact) mass is 339 g/mol. The fourth-order valence-corrected chi connectivity index (χ4v) is 3.11. The van der Waals surface area contributed by atoms with Crippen LogP contribution in [0, 0.1) is 0 Å². The Bertz CT molecular complexity index is 557. The van der Waals surface area contributed by atoms with Crippen molar-refractivity contribution in [1.29, 1.82) is 0 Å². The second-order valence-corrected chi connectivity index (χ2v) is 7.82. The van der Waals surface area contributed by atoms with E-state index in [9.17, 15) is 9.59 Å². The normalized spacial score (nSPS) is 16.3. The minimum Gasteiger partial charge on any atom is -0.444 e. The highest BCUT2D eigenvalue weighted by atomic mass is 32.1. The van der Waals surface area contributed by atoms with Gasteiger partial charge in [-0.05, 0) is 40.0 Å². The molecule has 7 heteroatoms. The Balaban J connectivity index is 1.80. The summed E-state index contributed by atoms with van der Waals surface area (Å²) in [6.07, 6.45) is 3.83. The number of rotatable bonds is 3. The van der Waals surface area contributed by atoms with Gasteiger partial charge < -0.3 is 15.0 Å². The van der Waals surface area contributed by atoms with Crippen LogP contribution >= 0.6 is 11.3 Å². The van der Waals surface area contributed by atoms with E-state index in [-0.39, 0.29) is 18.0 Å². The standard InChI is InChI=1S/C16H25N3O3S/c1-5-12-10-17-14(23-12)13(20)18-11-6-8-19(9-7-11)15(21)22-16(2,3)4/h10-11H,5-9H2,1-4H3,(H,18,20). The second-order valence-electron chi connectivity index (χ2n) is 6.70. The molecule has 2 rings (SSSR count). The molecule has 1 aromatic rings. The number of thiazole rings is 1. The van der Waals surface area contributed by atoms with Crippen molar-refractivity contribution >= 4 is 23.3 Å². The summed E-state index contributed by atoms with van der Waals surface area (Å²) in [7, 11) is 0. The number of carbonyl (C=O) groups is 2. The number of amides is 2. The van der Waals surface area contributed by atoms with Gasteiger partial charge in [0.25, 0.3) is 5.91 Å². The van der Waals surface area contributed by atoms with Crippen LogP contribution in [0.5, 0.6) is 0 Å². The molecule has 0 radical (unpaired) electrons. The van der Waals surface area contributed by atoms with Crippen molar-refractivity contribution in [2.75, 3.05) is 13.1 Å². The van der Waals surface area contributed by atoms with E-state index in [1.54, 1.807) is 11.1 Å². The molecule has 1 aliphatic heterocycles. The van der Waals surface area contributed by atoms with E-state index >= 15 is 0 Å². The number of likely N-dealkylation sites (tertiary alicyclic amines) is 1. The Kier molecular flexibility index (Phi) is 5.62. The molecule has 6 nitrogen and oxygen atoms in total. The Hall–Kier alpha value is -1.63. The lowest BCUT2D eigenvalue weighted by molar-refractivity contribution is 0.0199. The first kappa shape index (κ1) is 17.7. The molecular formula is C16H25N3O3S.